The molecule has 1 aromatic rings. The van der Waals surface area contributed by atoms with Gasteiger partial charge in [0.2, 0.25) is 0 Å². The van der Waals surface area contributed by atoms with Gasteiger partial charge < -0.3 is 14.9 Å². The number of phenols is 2. The molecule has 0 fully saturated rings. The Morgan fingerprint density at radius 3 is 2.94 bits per heavy atom. The molecule has 6 heteroatoms. The van der Waals surface area contributed by atoms with Gasteiger partial charge in [-0.25, -0.2) is 0 Å². The van der Waals surface area contributed by atoms with Gasteiger partial charge >= 0.3 is 5.97 Å². The maximum atomic E-state index is 10.9. The van der Waals surface area contributed by atoms with Crippen molar-refractivity contribution in [2.75, 3.05) is 13.2 Å². The number of rotatable bonds is 5. The Kier molecular flexibility index (Phi) is 4.80. The summed E-state index contributed by atoms with van der Waals surface area (Å²) in [5.41, 5.74) is 2.91. The van der Waals surface area contributed by atoms with Gasteiger partial charge in [0, 0.05) is 11.6 Å². The number of hydrazone groups is 1. The van der Waals surface area contributed by atoms with Gasteiger partial charge in [-0.15, -0.1) is 0 Å². The van der Waals surface area contributed by atoms with Crippen LogP contribution < -0.4 is 5.43 Å². The highest BCUT2D eigenvalue weighted by molar-refractivity contribution is 5.83. The number of nitrogens with zero attached hydrogens (tertiary/aromatic N) is 1. The molecule has 1 rings (SSSR count). The first kappa shape index (κ1) is 12.8. The van der Waals surface area contributed by atoms with E-state index in [0.29, 0.717) is 12.2 Å². The zero-order chi connectivity index (χ0) is 12.7. The fraction of sp³-hybridized carbons (Fsp3) is 0.273. The van der Waals surface area contributed by atoms with Crippen LogP contribution in [0, 0.1) is 0 Å². The van der Waals surface area contributed by atoms with Gasteiger partial charge in [-0.2, -0.15) is 5.10 Å². The molecule has 0 saturated carbocycles. The van der Waals surface area contributed by atoms with Gasteiger partial charge in [-0.1, -0.05) is 0 Å². The Hall–Kier alpha value is -2.24. The topological polar surface area (TPSA) is 91.2 Å². The van der Waals surface area contributed by atoms with E-state index in [2.05, 4.69) is 15.3 Å². The van der Waals surface area contributed by atoms with Crippen molar-refractivity contribution >= 4 is 12.2 Å². The Balaban J connectivity index is 2.45. The van der Waals surface area contributed by atoms with Gasteiger partial charge in [-0.05, 0) is 19.1 Å². The van der Waals surface area contributed by atoms with Gasteiger partial charge in [0.15, 0.2) is 0 Å². The van der Waals surface area contributed by atoms with Crippen LogP contribution in [0.25, 0.3) is 0 Å². The largest absolute Gasteiger partial charge is 0.508 e. The lowest BCUT2D eigenvalue weighted by atomic mass is 10.2. The first-order valence-electron chi connectivity index (χ1n) is 5.07. The second kappa shape index (κ2) is 6.37. The number of ether oxygens (including phenoxy) is 1. The molecule has 6 nitrogen and oxygen atoms in total. The maximum absolute atomic E-state index is 10.9. The fourth-order valence-electron chi connectivity index (χ4n) is 1.08. The number of nitrogens with one attached hydrogen (secondary N) is 1. The van der Waals surface area contributed by atoms with Crippen molar-refractivity contribution in [1.82, 2.24) is 5.43 Å². The molecule has 0 aromatic heterocycles. The highest BCUT2D eigenvalue weighted by Crippen LogP contribution is 2.20. The van der Waals surface area contributed by atoms with E-state index in [1.807, 2.05) is 0 Å². The predicted octanol–water partition coefficient (Wildman–Crippen LogP) is 0.584. The van der Waals surface area contributed by atoms with E-state index in [1.54, 1.807) is 6.92 Å². The van der Waals surface area contributed by atoms with Crippen molar-refractivity contribution in [1.29, 1.82) is 0 Å². The third-order valence-corrected chi connectivity index (χ3v) is 1.84. The lowest BCUT2D eigenvalue weighted by Crippen LogP contribution is -2.20. The molecule has 0 heterocycles. The molecule has 17 heavy (non-hydrogen) atoms. The average Bonchev–Trinajstić information content (AvgIpc) is 2.27. The van der Waals surface area contributed by atoms with Crippen LogP contribution in [0.3, 0.4) is 0 Å². The van der Waals surface area contributed by atoms with Crippen LogP contribution in [0.1, 0.15) is 12.5 Å². The van der Waals surface area contributed by atoms with Crippen molar-refractivity contribution < 1.29 is 19.7 Å². The van der Waals surface area contributed by atoms with Gasteiger partial charge in [-0.3, -0.25) is 10.2 Å². The Labute approximate surface area is 98.5 Å². The van der Waals surface area contributed by atoms with E-state index in [9.17, 15) is 9.90 Å². The minimum atomic E-state index is -0.403. The Morgan fingerprint density at radius 1 is 1.53 bits per heavy atom. The molecule has 3 N–H and O–H groups in total. The molecule has 1 aromatic carbocycles. The number of carbonyl (C=O) groups excluding carboxylic acids is 1. The number of benzene rings is 1. The predicted molar refractivity (Wildman–Crippen MR) is 62.0 cm³/mol. The normalized spacial score (nSPS) is 10.4. The molecule has 0 aliphatic carbocycles. The molecule has 0 aliphatic rings. The van der Waals surface area contributed by atoms with Crippen molar-refractivity contribution in [3.63, 3.8) is 0 Å². The molecular formula is C11H14N2O4. The van der Waals surface area contributed by atoms with Crippen molar-refractivity contribution in [2.45, 2.75) is 6.92 Å². The minimum Gasteiger partial charge on any atom is -0.508 e. The minimum absolute atomic E-state index is 0.0286. The summed E-state index contributed by atoms with van der Waals surface area (Å²) in [6.45, 7) is 2.00. The highest BCUT2D eigenvalue weighted by atomic mass is 16.5. The number of aromatic hydroxyl groups is 2. The number of esters is 1. The average molecular weight is 238 g/mol. The van der Waals surface area contributed by atoms with Crippen LogP contribution in [0.2, 0.25) is 0 Å². The lowest BCUT2D eigenvalue weighted by molar-refractivity contribution is -0.141. The zero-order valence-electron chi connectivity index (χ0n) is 9.38. The monoisotopic (exact) mass is 238 g/mol. The van der Waals surface area contributed by atoms with Crippen LogP contribution in [0.5, 0.6) is 11.5 Å². The maximum Gasteiger partial charge on any atom is 0.327 e. The molecular weight excluding hydrogens is 224 g/mol. The van der Waals surface area contributed by atoms with E-state index in [1.165, 1.54) is 24.4 Å². The SMILES string of the molecule is CCOC(=O)CN/N=C\c1ccc(O)cc1O. The number of hydrogen-bond donors (Lipinski definition) is 3. The number of carbonyl (C=O) groups is 1. The third kappa shape index (κ3) is 4.42. The van der Waals surface area contributed by atoms with Gasteiger partial charge in [0.1, 0.15) is 18.0 Å². The van der Waals surface area contributed by atoms with Crippen LogP contribution in [-0.4, -0.2) is 35.5 Å². The number of hydrogen-bond acceptors (Lipinski definition) is 6. The summed E-state index contributed by atoms with van der Waals surface area (Å²) in [5, 5.41) is 22.2. The highest BCUT2D eigenvalue weighted by Gasteiger charge is 2.00. The van der Waals surface area contributed by atoms with Crippen LogP contribution in [0.4, 0.5) is 0 Å². The summed E-state index contributed by atoms with van der Waals surface area (Å²) >= 11 is 0. The molecule has 0 radical (unpaired) electrons. The standard InChI is InChI=1S/C11H14N2O4/c1-2-17-11(16)7-13-12-6-8-3-4-9(14)5-10(8)15/h3-6,13-15H,2,7H2,1H3/b12-6-. The van der Waals surface area contributed by atoms with Crippen molar-refractivity contribution in [3.8, 4) is 11.5 Å². The van der Waals surface area contributed by atoms with E-state index in [-0.39, 0.29) is 18.0 Å². The summed E-state index contributed by atoms with van der Waals surface area (Å²) < 4.78 is 4.68. The fourth-order valence-corrected chi connectivity index (χ4v) is 1.08. The smallest absolute Gasteiger partial charge is 0.327 e. The number of phenolic OH excluding ortho intramolecular Hbond substituents is 2. The molecule has 0 spiro atoms. The Morgan fingerprint density at radius 2 is 2.29 bits per heavy atom. The lowest BCUT2D eigenvalue weighted by Gasteiger charge is -2.01. The van der Waals surface area contributed by atoms with E-state index in [4.69, 9.17) is 5.11 Å². The summed E-state index contributed by atoms with van der Waals surface area (Å²) in [6, 6.07) is 4.12. The molecule has 0 amide bonds. The summed E-state index contributed by atoms with van der Waals surface area (Å²) in [6.07, 6.45) is 1.34. The van der Waals surface area contributed by atoms with Crippen LogP contribution in [-0.2, 0) is 9.53 Å². The van der Waals surface area contributed by atoms with Gasteiger partial charge in [0.25, 0.3) is 0 Å². The molecule has 0 bridgehead atoms. The molecule has 0 aliphatic heterocycles. The summed E-state index contributed by atoms with van der Waals surface area (Å²) in [7, 11) is 0. The molecule has 0 atom stereocenters. The zero-order valence-corrected chi connectivity index (χ0v) is 9.38. The third-order valence-electron chi connectivity index (χ3n) is 1.84. The summed E-state index contributed by atoms with van der Waals surface area (Å²) in [5.74, 6) is -0.523. The van der Waals surface area contributed by atoms with Crippen molar-refractivity contribution in [3.05, 3.63) is 23.8 Å². The molecule has 92 valence electrons. The van der Waals surface area contributed by atoms with Crippen LogP contribution in [0.15, 0.2) is 23.3 Å². The molecule has 0 unspecified atom stereocenters. The first-order valence-corrected chi connectivity index (χ1v) is 5.07. The quantitative estimate of drug-likeness (QED) is 0.396. The van der Waals surface area contributed by atoms with Crippen LogP contribution >= 0.6 is 0 Å². The molecule has 0 saturated heterocycles. The second-order valence-electron chi connectivity index (χ2n) is 3.14. The van der Waals surface area contributed by atoms with E-state index in [0.717, 1.165) is 0 Å². The van der Waals surface area contributed by atoms with E-state index < -0.39 is 5.97 Å². The van der Waals surface area contributed by atoms with Crippen molar-refractivity contribution in [2.24, 2.45) is 5.10 Å². The Bertz CT molecular complexity index is 418. The van der Waals surface area contributed by atoms with E-state index >= 15 is 0 Å². The van der Waals surface area contributed by atoms with Gasteiger partial charge in [0.05, 0.1) is 12.8 Å². The second-order valence-corrected chi connectivity index (χ2v) is 3.14. The summed E-state index contributed by atoms with van der Waals surface area (Å²) in [4.78, 5) is 10.9. The first-order chi connectivity index (χ1) is 8.13.